The number of amides is 1. The third-order valence-corrected chi connectivity index (χ3v) is 4.03. The van der Waals surface area contributed by atoms with Gasteiger partial charge in [0.2, 0.25) is 0 Å². The van der Waals surface area contributed by atoms with E-state index in [9.17, 15) is 14.7 Å². The molecule has 1 amide bonds. The van der Waals surface area contributed by atoms with Gasteiger partial charge in [-0.15, -0.1) is 0 Å². The molecule has 0 saturated carbocycles. The molecule has 0 unspecified atom stereocenters. The van der Waals surface area contributed by atoms with Crippen LogP contribution in [0.1, 0.15) is 37.8 Å². The first kappa shape index (κ1) is 16.5. The fourth-order valence-electron chi connectivity index (χ4n) is 2.68. The Morgan fingerprint density at radius 2 is 2.05 bits per heavy atom. The van der Waals surface area contributed by atoms with Crippen molar-refractivity contribution >= 4 is 11.9 Å². The van der Waals surface area contributed by atoms with Crippen molar-refractivity contribution in [2.75, 3.05) is 6.61 Å². The number of rotatable bonds is 6. The molecule has 0 radical (unpaired) electrons. The van der Waals surface area contributed by atoms with Crippen molar-refractivity contribution in [2.45, 2.75) is 51.8 Å². The van der Waals surface area contributed by atoms with Gasteiger partial charge in [0.25, 0.3) is 5.91 Å². The fraction of sp³-hybridized carbons (Fsp3) is 0.529. The summed E-state index contributed by atoms with van der Waals surface area (Å²) < 4.78 is 5.53. The smallest absolute Gasteiger partial charge is 0.326 e. The van der Waals surface area contributed by atoms with E-state index in [2.05, 4.69) is 6.92 Å². The third kappa shape index (κ3) is 3.65. The van der Waals surface area contributed by atoms with Crippen molar-refractivity contribution in [3.8, 4) is 0 Å². The Balaban J connectivity index is 2.13. The molecular formula is C17H23NO4. The van der Waals surface area contributed by atoms with Gasteiger partial charge in [0, 0.05) is 19.6 Å². The zero-order valence-corrected chi connectivity index (χ0v) is 13.1. The molecule has 0 aromatic heterocycles. The molecule has 22 heavy (non-hydrogen) atoms. The highest BCUT2D eigenvalue weighted by atomic mass is 16.5. The number of carboxylic acids is 1. The van der Waals surface area contributed by atoms with E-state index in [0.717, 1.165) is 24.0 Å². The molecule has 1 aromatic rings. The lowest BCUT2D eigenvalue weighted by Crippen LogP contribution is -2.51. The zero-order valence-electron chi connectivity index (χ0n) is 13.1. The van der Waals surface area contributed by atoms with Crippen LogP contribution in [0.25, 0.3) is 0 Å². The van der Waals surface area contributed by atoms with Gasteiger partial charge in [0.1, 0.15) is 12.1 Å². The molecule has 0 aliphatic carbocycles. The van der Waals surface area contributed by atoms with E-state index in [1.807, 2.05) is 24.3 Å². The molecule has 2 atom stereocenters. The average Bonchev–Trinajstić information content (AvgIpc) is 2.52. The minimum absolute atomic E-state index is 0.252. The molecular weight excluding hydrogens is 282 g/mol. The minimum atomic E-state index is -0.969. The number of carboxylic acid groups (broad SMARTS) is 1. The Hall–Kier alpha value is -1.88. The second-order valence-electron chi connectivity index (χ2n) is 5.66. The molecule has 1 aliphatic rings. The Morgan fingerprint density at radius 3 is 2.68 bits per heavy atom. The van der Waals surface area contributed by atoms with Gasteiger partial charge in [-0.05, 0) is 24.5 Å². The molecule has 0 spiro atoms. The first-order chi connectivity index (χ1) is 10.5. The Bertz CT molecular complexity index is 543. The maximum Gasteiger partial charge on any atom is 0.326 e. The van der Waals surface area contributed by atoms with Crippen LogP contribution in [0, 0.1) is 0 Å². The third-order valence-electron chi connectivity index (χ3n) is 4.03. The first-order valence-corrected chi connectivity index (χ1v) is 7.76. The second-order valence-corrected chi connectivity index (χ2v) is 5.66. The van der Waals surface area contributed by atoms with Crippen LogP contribution in [-0.4, -0.2) is 40.6 Å². The summed E-state index contributed by atoms with van der Waals surface area (Å²) in [6.45, 7) is 4.59. The van der Waals surface area contributed by atoms with E-state index in [0.29, 0.717) is 19.6 Å². The number of aliphatic carboxylic acids is 1. The topological polar surface area (TPSA) is 66.8 Å². The molecule has 5 heteroatoms. The van der Waals surface area contributed by atoms with Crippen LogP contribution >= 0.6 is 0 Å². The highest BCUT2D eigenvalue weighted by Crippen LogP contribution is 2.24. The summed E-state index contributed by atoms with van der Waals surface area (Å²) in [5.74, 6) is -1.22. The maximum atomic E-state index is 12.6. The Labute approximate surface area is 130 Å². The number of nitrogens with zero attached hydrogens (tertiary/aromatic N) is 1. The number of carbonyl (C=O) groups is 2. The number of ether oxygens (including phenoxy) is 1. The summed E-state index contributed by atoms with van der Waals surface area (Å²) in [6.07, 6.45) is 1.62. The minimum Gasteiger partial charge on any atom is -0.480 e. The van der Waals surface area contributed by atoms with Crippen molar-refractivity contribution in [1.82, 2.24) is 4.90 Å². The molecule has 0 fully saturated rings. The fourth-order valence-corrected chi connectivity index (χ4v) is 2.68. The highest BCUT2D eigenvalue weighted by molar-refractivity contribution is 5.87. The predicted octanol–water partition coefficient (Wildman–Crippen LogP) is 2.23. The van der Waals surface area contributed by atoms with E-state index in [1.165, 1.54) is 4.90 Å². The lowest BCUT2D eigenvalue weighted by Gasteiger charge is -2.35. The molecule has 0 saturated heterocycles. The van der Waals surface area contributed by atoms with Gasteiger partial charge in [-0.1, -0.05) is 37.6 Å². The van der Waals surface area contributed by atoms with Gasteiger partial charge in [0.05, 0.1) is 0 Å². The van der Waals surface area contributed by atoms with Crippen LogP contribution in [0.15, 0.2) is 24.3 Å². The maximum absolute atomic E-state index is 12.6. The number of carbonyl (C=O) groups excluding carboxylic acids is 1. The van der Waals surface area contributed by atoms with Gasteiger partial charge in [-0.25, -0.2) is 4.79 Å². The molecule has 5 nitrogen and oxygen atoms in total. The zero-order chi connectivity index (χ0) is 16.1. The number of hydrogen-bond acceptors (Lipinski definition) is 3. The van der Waals surface area contributed by atoms with Crippen LogP contribution in [0.3, 0.4) is 0 Å². The van der Waals surface area contributed by atoms with Gasteiger partial charge >= 0.3 is 5.97 Å². The van der Waals surface area contributed by atoms with Gasteiger partial charge in [-0.2, -0.15) is 0 Å². The second kappa shape index (κ2) is 7.40. The van der Waals surface area contributed by atoms with Crippen LogP contribution in [0.5, 0.6) is 0 Å². The molecule has 1 heterocycles. The number of benzene rings is 1. The summed E-state index contributed by atoms with van der Waals surface area (Å²) >= 11 is 0. The molecule has 1 aromatic carbocycles. The lowest BCUT2D eigenvalue weighted by molar-refractivity contribution is -0.157. The van der Waals surface area contributed by atoms with Gasteiger partial charge < -0.3 is 14.7 Å². The van der Waals surface area contributed by atoms with Gasteiger partial charge in [0.15, 0.2) is 0 Å². The van der Waals surface area contributed by atoms with Crippen molar-refractivity contribution < 1.29 is 19.4 Å². The molecule has 1 aliphatic heterocycles. The van der Waals surface area contributed by atoms with Crippen LogP contribution in [0.2, 0.25) is 0 Å². The van der Waals surface area contributed by atoms with Crippen LogP contribution in [-0.2, 0) is 27.3 Å². The van der Waals surface area contributed by atoms with Crippen molar-refractivity contribution in [3.05, 3.63) is 35.4 Å². The van der Waals surface area contributed by atoms with E-state index in [1.54, 1.807) is 6.92 Å². The predicted molar refractivity (Wildman–Crippen MR) is 82.4 cm³/mol. The van der Waals surface area contributed by atoms with Gasteiger partial charge in [-0.3, -0.25) is 4.79 Å². The van der Waals surface area contributed by atoms with Crippen molar-refractivity contribution in [1.29, 1.82) is 0 Å². The summed E-state index contributed by atoms with van der Waals surface area (Å²) in [5.41, 5.74) is 2.01. The monoisotopic (exact) mass is 305 g/mol. The molecule has 120 valence electrons. The summed E-state index contributed by atoms with van der Waals surface area (Å²) in [7, 11) is 0. The summed E-state index contributed by atoms with van der Waals surface area (Å²) in [5, 5.41) is 9.44. The normalized spacial score (nSPS) is 18.6. The van der Waals surface area contributed by atoms with Crippen molar-refractivity contribution in [2.24, 2.45) is 0 Å². The van der Waals surface area contributed by atoms with E-state index in [4.69, 9.17) is 4.74 Å². The number of fused-ring (bicyclic) bond motifs is 1. The Kier molecular flexibility index (Phi) is 5.55. The summed E-state index contributed by atoms with van der Waals surface area (Å²) in [6, 6.07) is 6.85. The number of unbranched alkanes of at least 4 members (excludes halogenated alkanes) is 1. The Morgan fingerprint density at radius 1 is 1.36 bits per heavy atom. The number of hydrogen-bond donors (Lipinski definition) is 1. The van der Waals surface area contributed by atoms with E-state index in [-0.39, 0.29) is 5.91 Å². The van der Waals surface area contributed by atoms with Crippen LogP contribution < -0.4 is 0 Å². The van der Waals surface area contributed by atoms with E-state index >= 15 is 0 Å². The largest absolute Gasteiger partial charge is 0.480 e. The SMILES string of the molecule is CCCCO[C@H](C)C(=O)N1Cc2ccccc2C[C@@H]1C(=O)O. The first-order valence-electron chi connectivity index (χ1n) is 7.76. The van der Waals surface area contributed by atoms with Crippen molar-refractivity contribution in [3.63, 3.8) is 0 Å². The standard InChI is InChI=1S/C17H23NO4/c1-3-4-9-22-12(2)16(19)18-11-14-8-6-5-7-13(14)10-15(18)17(20)21/h5-8,12,15H,3-4,9-11H2,1-2H3,(H,20,21)/t12-,15-/m1/s1. The highest BCUT2D eigenvalue weighted by Gasteiger charge is 2.36. The van der Waals surface area contributed by atoms with E-state index < -0.39 is 18.1 Å². The summed E-state index contributed by atoms with van der Waals surface area (Å²) in [4.78, 5) is 25.5. The average molecular weight is 305 g/mol. The molecule has 2 rings (SSSR count). The quantitative estimate of drug-likeness (QED) is 0.818. The van der Waals surface area contributed by atoms with Crippen LogP contribution in [0.4, 0.5) is 0 Å². The molecule has 1 N–H and O–H groups in total. The lowest BCUT2D eigenvalue weighted by atomic mass is 9.93. The molecule has 0 bridgehead atoms.